The van der Waals surface area contributed by atoms with E-state index in [0.717, 1.165) is 51.3 Å². The van der Waals surface area contributed by atoms with Gasteiger partial charge in [-0.3, -0.25) is 4.99 Å². The normalized spacial score (nSPS) is 20.2. The largest absolute Gasteiger partial charge is 0.388 e. The molecule has 5 heteroatoms. The number of rotatable bonds is 10. The summed E-state index contributed by atoms with van der Waals surface area (Å²) in [6.45, 7) is 14.4. The summed E-state index contributed by atoms with van der Waals surface area (Å²) in [4.78, 5) is 7.21. The van der Waals surface area contributed by atoms with Crippen LogP contribution >= 0.6 is 0 Å². The van der Waals surface area contributed by atoms with Crippen molar-refractivity contribution in [3.05, 3.63) is 0 Å². The zero-order valence-electron chi connectivity index (χ0n) is 16.4. The Morgan fingerprint density at radius 1 is 1.17 bits per heavy atom. The van der Waals surface area contributed by atoms with Crippen LogP contribution in [0, 0.1) is 5.92 Å². The van der Waals surface area contributed by atoms with Crippen LogP contribution in [-0.4, -0.2) is 60.8 Å². The summed E-state index contributed by atoms with van der Waals surface area (Å²) in [7, 11) is 0. The van der Waals surface area contributed by atoms with Gasteiger partial charge >= 0.3 is 0 Å². The molecule has 0 aliphatic carbocycles. The van der Waals surface area contributed by atoms with Crippen molar-refractivity contribution in [1.82, 2.24) is 15.5 Å². The van der Waals surface area contributed by atoms with E-state index in [4.69, 9.17) is 0 Å². The lowest BCUT2D eigenvalue weighted by Crippen LogP contribution is -2.45. The van der Waals surface area contributed by atoms with Crippen LogP contribution < -0.4 is 10.6 Å². The van der Waals surface area contributed by atoms with Gasteiger partial charge in [-0.15, -0.1) is 0 Å². The first-order valence-electron chi connectivity index (χ1n) is 10.0. The minimum absolute atomic E-state index is 0.482. The van der Waals surface area contributed by atoms with Crippen molar-refractivity contribution in [2.75, 3.05) is 39.3 Å². The first-order chi connectivity index (χ1) is 11.6. The minimum Gasteiger partial charge on any atom is -0.388 e. The van der Waals surface area contributed by atoms with Gasteiger partial charge in [-0.2, -0.15) is 0 Å². The summed E-state index contributed by atoms with van der Waals surface area (Å²) in [5.74, 6) is 1.53. The van der Waals surface area contributed by atoms with E-state index in [0.29, 0.717) is 12.5 Å². The number of hydrogen-bond acceptors (Lipinski definition) is 3. The average Bonchev–Trinajstić information content (AvgIpc) is 2.58. The predicted molar refractivity (Wildman–Crippen MR) is 104 cm³/mol. The topological polar surface area (TPSA) is 59.9 Å². The van der Waals surface area contributed by atoms with E-state index in [1.165, 1.54) is 25.9 Å². The van der Waals surface area contributed by atoms with E-state index >= 15 is 0 Å². The fourth-order valence-electron chi connectivity index (χ4n) is 3.63. The van der Waals surface area contributed by atoms with Crippen LogP contribution in [0.25, 0.3) is 0 Å². The molecule has 1 unspecified atom stereocenters. The number of likely N-dealkylation sites (tertiary alicyclic amines) is 1. The van der Waals surface area contributed by atoms with Gasteiger partial charge in [0.05, 0.1) is 12.1 Å². The number of guanidine groups is 1. The summed E-state index contributed by atoms with van der Waals surface area (Å²) in [5.41, 5.74) is -0.657. The van der Waals surface area contributed by atoms with E-state index in [1.54, 1.807) is 0 Å². The van der Waals surface area contributed by atoms with Crippen LogP contribution in [0.4, 0.5) is 0 Å². The maximum absolute atomic E-state index is 10.7. The monoisotopic (exact) mass is 340 g/mol. The van der Waals surface area contributed by atoms with Gasteiger partial charge in [0.1, 0.15) is 0 Å². The summed E-state index contributed by atoms with van der Waals surface area (Å²) < 4.78 is 0. The summed E-state index contributed by atoms with van der Waals surface area (Å²) >= 11 is 0. The molecule has 0 aromatic heterocycles. The van der Waals surface area contributed by atoms with Crippen molar-refractivity contribution in [3.63, 3.8) is 0 Å². The van der Waals surface area contributed by atoms with Crippen LogP contribution in [0.3, 0.4) is 0 Å². The highest BCUT2D eigenvalue weighted by Gasteiger charge is 2.25. The van der Waals surface area contributed by atoms with Crippen LogP contribution in [0.1, 0.15) is 66.2 Å². The van der Waals surface area contributed by atoms with Crippen molar-refractivity contribution in [1.29, 1.82) is 0 Å². The Labute approximate surface area is 149 Å². The number of aliphatic imine (C=N–C) groups is 1. The van der Waals surface area contributed by atoms with Crippen LogP contribution in [0.2, 0.25) is 0 Å². The highest BCUT2D eigenvalue weighted by Crippen LogP contribution is 2.20. The van der Waals surface area contributed by atoms with Crippen LogP contribution in [0.5, 0.6) is 0 Å². The first kappa shape index (κ1) is 21.2. The predicted octanol–water partition coefficient (Wildman–Crippen LogP) is 2.60. The van der Waals surface area contributed by atoms with E-state index in [-0.39, 0.29) is 0 Å². The molecule has 0 spiro atoms. The third-order valence-electron chi connectivity index (χ3n) is 4.91. The fourth-order valence-corrected chi connectivity index (χ4v) is 3.63. The van der Waals surface area contributed by atoms with Crippen molar-refractivity contribution < 1.29 is 5.11 Å². The summed E-state index contributed by atoms with van der Waals surface area (Å²) in [5, 5.41) is 17.6. The van der Waals surface area contributed by atoms with E-state index in [1.807, 2.05) is 0 Å². The zero-order chi connectivity index (χ0) is 17.8. The highest BCUT2D eigenvalue weighted by atomic mass is 16.3. The van der Waals surface area contributed by atoms with Gasteiger partial charge in [0.2, 0.25) is 0 Å². The Balaban J connectivity index is 2.55. The second-order valence-electron chi connectivity index (χ2n) is 7.20. The van der Waals surface area contributed by atoms with Crippen molar-refractivity contribution in [2.24, 2.45) is 10.9 Å². The molecule has 1 aliphatic rings. The SMILES string of the molecule is CCCC(O)(CCC)CN=C(NCC)NCC1CCCN(CC)C1. The smallest absolute Gasteiger partial charge is 0.191 e. The molecule has 1 rings (SSSR count). The molecule has 1 aliphatic heterocycles. The Kier molecular flexibility index (Phi) is 10.3. The van der Waals surface area contributed by atoms with E-state index < -0.39 is 5.60 Å². The molecule has 1 fully saturated rings. The lowest BCUT2D eigenvalue weighted by atomic mass is 9.93. The second-order valence-corrected chi connectivity index (χ2v) is 7.20. The Morgan fingerprint density at radius 3 is 2.46 bits per heavy atom. The Bertz CT molecular complexity index is 353. The lowest BCUT2D eigenvalue weighted by molar-refractivity contribution is 0.0306. The molecular weight excluding hydrogens is 300 g/mol. The van der Waals surface area contributed by atoms with Gasteiger partial charge in [0.15, 0.2) is 5.96 Å². The second kappa shape index (κ2) is 11.7. The van der Waals surface area contributed by atoms with Gasteiger partial charge < -0.3 is 20.6 Å². The van der Waals surface area contributed by atoms with Crippen molar-refractivity contribution in [2.45, 2.75) is 71.8 Å². The highest BCUT2D eigenvalue weighted by molar-refractivity contribution is 5.79. The van der Waals surface area contributed by atoms with Gasteiger partial charge in [0, 0.05) is 19.6 Å². The minimum atomic E-state index is -0.657. The van der Waals surface area contributed by atoms with Crippen LogP contribution in [0.15, 0.2) is 4.99 Å². The Hall–Kier alpha value is -0.810. The van der Waals surface area contributed by atoms with Crippen molar-refractivity contribution in [3.8, 4) is 0 Å². The molecule has 142 valence electrons. The molecule has 0 aromatic rings. The maximum atomic E-state index is 10.7. The summed E-state index contributed by atoms with van der Waals surface area (Å²) in [6, 6.07) is 0. The molecule has 5 nitrogen and oxygen atoms in total. The molecule has 1 saturated heterocycles. The molecule has 0 saturated carbocycles. The Morgan fingerprint density at radius 2 is 1.88 bits per heavy atom. The zero-order valence-corrected chi connectivity index (χ0v) is 16.4. The molecule has 1 heterocycles. The number of nitrogens with one attached hydrogen (secondary N) is 2. The molecular formula is C19H40N4O. The van der Waals surface area contributed by atoms with E-state index in [9.17, 15) is 5.11 Å². The first-order valence-corrected chi connectivity index (χ1v) is 10.0. The molecule has 24 heavy (non-hydrogen) atoms. The van der Waals surface area contributed by atoms with Crippen molar-refractivity contribution >= 4 is 5.96 Å². The third kappa shape index (κ3) is 7.84. The van der Waals surface area contributed by atoms with Gasteiger partial charge in [0.25, 0.3) is 0 Å². The lowest BCUT2D eigenvalue weighted by Gasteiger charge is -2.32. The van der Waals surface area contributed by atoms with Gasteiger partial charge in [-0.1, -0.05) is 33.6 Å². The average molecular weight is 341 g/mol. The number of piperidine rings is 1. The quantitative estimate of drug-likeness (QED) is 0.423. The molecule has 0 amide bonds. The number of aliphatic hydroxyl groups is 1. The number of nitrogens with zero attached hydrogens (tertiary/aromatic N) is 2. The summed E-state index contributed by atoms with van der Waals surface area (Å²) in [6.07, 6.45) is 6.20. The fraction of sp³-hybridized carbons (Fsp3) is 0.947. The molecule has 0 bridgehead atoms. The molecule has 3 N–H and O–H groups in total. The third-order valence-corrected chi connectivity index (χ3v) is 4.91. The maximum Gasteiger partial charge on any atom is 0.191 e. The molecule has 1 atom stereocenters. The standard InChI is InChI=1S/C19H40N4O/c1-5-11-19(24,12-6-2)16-22-18(20-7-3)21-14-17-10-9-13-23(8-4)15-17/h17,24H,5-16H2,1-4H3,(H2,20,21,22). The van der Waals surface area contributed by atoms with Gasteiger partial charge in [-0.25, -0.2) is 0 Å². The molecule has 0 aromatic carbocycles. The number of hydrogen-bond donors (Lipinski definition) is 3. The van der Waals surface area contributed by atoms with Gasteiger partial charge in [-0.05, 0) is 51.6 Å². The molecule has 0 radical (unpaired) electrons. The van der Waals surface area contributed by atoms with Crippen LogP contribution in [-0.2, 0) is 0 Å². The van der Waals surface area contributed by atoms with E-state index in [2.05, 4.69) is 48.2 Å².